The Morgan fingerprint density at radius 1 is 1.70 bits per heavy atom. The van der Waals surface area contributed by atoms with E-state index in [0.29, 0.717) is 0 Å². The third kappa shape index (κ3) is 0.792. The monoisotopic (exact) mass is 182 g/mol. The molecule has 0 aromatic heterocycles. The molecule has 58 valence electrons. The van der Waals surface area contributed by atoms with Crippen molar-refractivity contribution < 1.29 is 17.8 Å². The van der Waals surface area contributed by atoms with Gasteiger partial charge < -0.3 is 4.55 Å². The van der Waals surface area contributed by atoms with E-state index in [1.807, 2.05) is 0 Å². The van der Waals surface area contributed by atoms with E-state index in [4.69, 9.17) is 0 Å². The van der Waals surface area contributed by atoms with Crippen LogP contribution >= 0.6 is 0 Å². The highest BCUT2D eigenvalue weighted by atomic mass is 32.3. The molecule has 2 unspecified atom stereocenters. The molecule has 0 aromatic carbocycles. The lowest BCUT2D eigenvalue weighted by Gasteiger charge is -2.24. The number of sulfone groups is 1. The molecular weight excluding hydrogens is 176 g/mol. The zero-order valence-corrected chi connectivity index (χ0v) is 6.87. The van der Waals surface area contributed by atoms with Crippen molar-refractivity contribution in [3.05, 3.63) is 0 Å². The second-order valence-electron chi connectivity index (χ2n) is 1.93. The van der Waals surface area contributed by atoms with Gasteiger partial charge in [0.15, 0.2) is 0 Å². The Morgan fingerprint density at radius 3 is 2.40 bits per heavy atom. The van der Waals surface area contributed by atoms with Gasteiger partial charge in [-0.3, -0.25) is 0 Å². The molecule has 0 amide bonds. The molecule has 0 aliphatic carbocycles. The van der Waals surface area contributed by atoms with Crippen LogP contribution in [-0.4, -0.2) is 22.0 Å². The summed E-state index contributed by atoms with van der Waals surface area (Å²) in [5.41, 5.74) is 0. The van der Waals surface area contributed by atoms with E-state index >= 15 is 0 Å². The van der Waals surface area contributed by atoms with Crippen LogP contribution in [0.25, 0.3) is 0 Å². The molecular formula is C4H6O4S2. The lowest BCUT2D eigenvalue weighted by molar-refractivity contribution is 0.271. The highest BCUT2D eigenvalue weighted by Crippen LogP contribution is 2.30. The van der Waals surface area contributed by atoms with Gasteiger partial charge in [-0.05, 0) is 0 Å². The number of hydrogen-bond donors (Lipinski definition) is 0. The van der Waals surface area contributed by atoms with Crippen LogP contribution in [0, 0.1) is 0 Å². The summed E-state index contributed by atoms with van der Waals surface area (Å²) in [6, 6.07) is 0. The Hall–Kier alpha value is -0.0700. The van der Waals surface area contributed by atoms with Gasteiger partial charge in [-0.1, -0.05) is 6.92 Å². The number of hydrogen-bond acceptors (Lipinski definition) is 4. The predicted molar refractivity (Wildman–Crippen MR) is 36.5 cm³/mol. The molecule has 1 saturated heterocycles. The summed E-state index contributed by atoms with van der Waals surface area (Å²) in [6.45, 7) is 1.59. The van der Waals surface area contributed by atoms with Crippen LogP contribution in [0.3, 0.4) is 0 Å². The maximum atomic E-state index is 10.6. The van der Waals surface area contributed by atoms with E-state index in [2.05, 4.69) is 0 Å². The summed E-state index contributed by atoms with van der Waals surface area (Å²) in [5, 5.41) is 0. The van der Waals surface area contributed by atoms with Gasteiger partial charge in [-0.2, -0.15) is 0 Å². The Balaban J connectivity index is 2.92. The molecule has 0 aromatic rings. The molecule has 1 aliphatic heterocycles. The summed E-state index contributed by atoms with van der Waals surface area (Å²) in [7, 11) is -3.64. The fourth-order valence-electron chi connectivity index (χ4n) is 0.772. The number of carbonyl (C=O) groups is 1. The van der Waals surface area contributed by atoms with E-state index in [9.17, 15) is 17.8 Å². The van der Waals surface area contributed by atoms with Gasteiger partial charge in [0.1, 0.15) is 0 Å². The van der Waals surface area contributed by atoms with Crippen molar-refractivity contribution in [3.63, 3.8) is 0 Å². The second kappa shape index (κ2) is 2.21. The van der Waals surface area contributed by atoms with Crippen molar-refractivity contribution in [2.75, 3.05) is 0 Å². The predicted octanol–water partition coefficient (Wildman–Crippen LogP) is 0.0196. The maximum absolute atomic E-state index is 10.6. The van der Waals surface area contributed by atoms with Crippen molar-refractivity contribution in [3.8, 4) is 0 Å². The SMILES string of the molecule is CCC1[S+]([O-])C(=O)S1(=O)=O. The molecule has 1 aliphatic rings. The number of rotatable bonds is 1. The average Bonchev–Trinajstić information content (AvgIpc) is 1.88. The molecule has 1 rings (SSSR count). The van der Waals surface area contributed by atoms with Crippen molar-refractivity contribution in [2.45, 2.75) is 17.9 Å². The molecule has 1 fully saturated rings. The normalized spacial score (nSPS) is 37.2. The smallest absolute Gasteiger partial charge is 0.449 e. The van der Waals surface area contributed by atoms with E-state index in [1.165, 1.54) is 0 Å². The first-order chi connectivity index (χ1) is 4.51. The second-order valence-corrected chi connectivity index (χ2v) is 6.05. The Bertz CT molecular complexity index is 254. The molecule has 1 heterocycles. The largest absolute Gasteiger partial charge is 0.607 e. The molecule has 2 atom stereocenters. The standard InChI is InChI=1S/C4H6O4S2/c1-2-3-9(6)4(5)10(3,7)8/h3H,2H2,1H3. The van der Waals surface area contributed by atoms with Gasteiger partial charge in [-0.15, -0.1) is 0 Å². The highest BCUT2D eigenvalue weighted by molar-refractivity contribution is 8.45. The average molecular weight is 182 g/mol. The first kappa shape index (κ1) is 8.03. The van der Waals surface area contributed by atoms with Gasteiger partial charge in [-0.25, -0.2) is 13.2 Å². The van der Waals surface area contributed by atoms with Gasteiger partial charge >= 0.3 is 14.3 Å². The van der Waals surface area contributed by atoms with Crippen LogP contribution in [0.5, 0.6) is 0 Å². The molecule has 0 spiro atoms. The molecule has 4 nitrogen and oxygen atoms in total. The number of carbonyl (C=O) groups excluding carboxylic acids is 1. The minimum atomic E-state index is -3.64. The molecule has 6 heteroatoms. The van der Waals surface area contributed by atoms with Crippen molar-refractivity contribution >= 4 is 25.5 Å². The van der Waals surface area contributed by atoms with Crippen LogP contribution in [0.15, 0.2) is 0 Å². The van der Waals surface area contributed by atoms with E-state index < -0.39 is 30.0 Å². The van der Waals surface area contributed by atoms with Crippen molar-refractivity contribution in [1.29, 1.82) is 0 Å². The summed E-state index contributed by atoms with van der Waals surface area (Å²) in [4.78, 5) is 10.4. The zero-order valence-electron chi connectivity index (χ0n) is 5.23. The third-order valence-corrected chi connectivity index (χ3v) is 6.42. The lowest BCUT2D eigenvalue weighted by atomic mass is 10.6. The lowest BCUT2D eigenvalue weighted by Crippen LogP contribution is -2.51. The minimum absolute atomic E-state index is 0.251. The van der Waals surface area contributed by atoms with E-state index in [1.54, 1.807) is 6.92 Å². The van der Waals surface area contributed by atoms with E-state index in [-0.39, 0.29) is 6.42 Å². The van der Waals surface area contributed by atoms with Crippen LogP contribution in [0.4, 0.5) is 4.79 Å². The molecule has 0 bridgehead atoms. The van der Waals surface area contributed by atoms with Crippen LogP contribution < -0.4 is 0 Å². The van der Waals surface area contributed by atoms with Gasteiger partial charge in [0, 0.05) is 6.42 Å². The van der Waals surface area contributed by atoms with Crippen molar-refractivity contribution in [1.82, 2.24) is 0 Å². The first-order valence-electron chi connectivity index (χ1n) is 2.70. The highest BCUT2D eigenvalue weighted by Gasteiger charge is 2.60. The third-order valence-electron chi connectivity index (χ3n) is 1.31. The zero-order chi connectivity index (χ0) is 7.94. The summed E-state index contributed by atoms with van der Waals surface area (Å²) in [6.07, 6.45) is 0.251. The Morgan fingerprint density at radius 2 is 2.20 bits per heavy atom. The molecule has 0 saturated carbocycles. The molecule has 0 N–H and O–H groups in total. The first-order valence-corrected chi connectivity index (χ1v) is 5.46. The van der Waals surface area contributed by atoms with E-state index in [0.717, 1.165) is 0 Å². The molecule has 10 heavy (non-hydrogen) atoms. The topological polar surface area (TPSA) is 74.3 Å². The fourth-order valence-corrected chi connectivity index (χ4v) is 4.31. The summed E-state index contributed by atoms with van der Waals surface area (Å²) < 4.78 is 29.8. The fraction of sp³-hybridized carbons (Fsp3) is 0.750. The summed E-state index contributed by atoms with van der Waals surface area (Å²) in [5.74, 6) is 0. The quantitative estimate of drug-likeness (QED) is 0.536. The minimum Gasteiger partial charge on any atom is -0.607 e. The summed E-state index contributed by atoms with van der Waals surface area (Å²) >= 11 is -1.77. The van der Waals surface area contributed by atoms with Crippen LogP contribution in [0.2, 0.25) is 0 Å². The maximum Gasteiger partial charge on any atom is 0.449 e. The Kier molecular flexibility index (Phi) is 1.78. The Labute approximate surface area is 61.7 Å². The van der Waals surface area contributed by atoms with Crippen molar-refractivity contribution in [2.24, 2.45) is 0 Å². The van der Waals surface area contributed by atoms with Crippen LogP contribution in [0.1, 0.15) is 13.3 Å². The van der Waals surface area contributed by atoms with Gasteiger partial charge in [0.2, 0.25) is 4.58 Å². The molecule has 0 radical (unpaired) electrons. The van der Waals surface area contributed by atoms with Gasteiger partial charge in [0.05, 0.1) is 11.2 Å². The van der Waals surface area contributed by atoms with Gasteiger partial charge in [0.25, 0.3) is 0 Å². The van der Waals surface area contributed by atoms with Crippen LogP contribution in [-0.2, 0) is 21.0 Å².